The molecular weight excluding hydrogens is 239 g/mol. The minimum atomic E-state index is -0.537. The molecule has 0 aliphatic heterocycles. The van der Waals surface area contributed by atoms with Crippen LogP contribution >= 0.6 is 0 Å². The lowest BCUT2D eigenvalue weighted by atomic mass is 10.2. The number of aryl methyl sites for hydroxylation is 1. The van der Waals surface area contributed by atoms with Crippen LogP contribution in [-0.2, 0) is 0 Å². The van der Waals surface area contributed by atoms with Gasteiger partial charge in [0.05, 0.1) is 13.4 Å². The van der Waals surface area contributed by atoms with Gasteiger partial charge >= 0.3 is 0 Å². The average molecular weight is 250 g/mol. The van der Waals surface area contributed by atoms with Gasteiger partial charge in [-0.3, -0.25) is 4.79 Å². The molecule has 2 aromatic rings. The highest BCUT2D eigenvalue weighted by molar-refractivity contribution is 5.37. The lowest BCUT2D eigenvalue weighted by molar-refractivity contribution is 0.355. The number of H-pyrrole nitrogens is 1. The summed E-state index contributed by atoms with van der Waals surface area (Å²) in [5.74, 6) is -0.722. The van der Waals surface area contributed by atoms with E-state index in [1.807, 2.05) is 0 Å². The molecule has 0 amide bonds. The molecule has 1 aromatic heterocycles. The number of aromatic amines is 1. The number of hydrogen-bond donors (Lipinski definition) is 1. The van der Waals surface area contributed by atoms with Gasteiger partial charge in [-0.05, 0) is 24.6 Å². The van der Waals surface area contributed by atoms with E-state index in [-0.39, 0.29) is 17.4 Å². The Labute approximate surface area is 102 Å². The van der Waals surface area contributed by atoms with E-state index < -0.39 is 11.4 Å². The van der Waals surface area contributed by atoms with Gasteiger partial charge in [-0.2, -0.15) is 0 Å². The van der Waals surface area contributed by atoms with Crippen molar-refractivity contribution in [2.24, 2.45) is 0 Å². The Morgan fingerprint density at radius 1 is 1.39 bits per heavy atom. The van der Waals surface area contributed by atoms with Crippen molar-refractivity contribution < 1.29 is 13.9 Å². The Morgan fingerprint density at radius 3 is 2.89 bits per heavy atom. The quantitative estimate of drug-likeness (QED) is 0.905. The van der Waals surface area contributed by atoms with Crippen molar-refractivity contribution in [3.05, 3.63) is 46.3 Å². The lowest BCUT2D eigenvalue weighted by Crippen LogP contribution is -2.11. The van der Waals surface area contributed by atoms with Gasteiger partial charge < -0.3 is 14.5 Å². The van der Waals surface area contributed by atoms with Crippen LogP contribution < -0.4 is 15.0 Å². The van der Waals surface area contributed by atoms with Gasteiger partial charge in [0.25, 0.3) is 11.4 Å². The molecule has 6 heteroatoms. The van der Waals surface area contributed by atoms with Crippen LogP contribution in [0, 0.1) is 12.7 Å². The fourth-order valence-corrected chi connectivity index (χ4v) is 1.42. The fourth-order valence-electron chi connectivity index (χ4n) is 1.42. The average Bonchev–Trinajstić information content (AvgIpc) is 2.34. The van der Waals surface area contributed by atoms with E-state index in [0.29, 0.717) is 0 Å². The molecule has 0 aliphatic carbocycles. The molecule has 0 fully saturated rings. The third-order valence-corrected chi connectivity index (χ3v) is 2.28. The van der Waals surface area contributed by atoms with E-state index in [2.05, 4.69) is 9.97 Å². The lowest BCUT2D eigenvalue weighted by Gasteiger charge is -2.08. The number of rotatable bonds is 3. The van der Waals surface area contributed by atoms with E-state index in [1.54, 1.807) is 13.0 Å². The van der Waals surface area contributed by atoms with Crippen LogP contribution in [0.2, 0.25) is 0 Å². The minimum Gasteiger partial charge on any atom is -0.487 e. The molecule has 0 bridgehead atoms. The molecule has 1 N–H and O–H groups in total. The molecule has 94 valence electrons. The molecule has 2 rings (SSSR count). The fraction of sp³-hybridized carbons (Fsp3) is 0.167. The van der Waals surface area contributed by atoms with Gasteiger partial charge in [0.15, 0.2) is 11.6 Å². The predicted octanol–water partition coefficient (Wildman–Crippen LogP) is 2.02. The number of ether oxygens (including phenoxy) is 2. The highest BCUT2D eigenvalue weighted by atomic mass is 19.1. The van der Waals surface area contributed by atoms with E-state index in [1.165, 1.54) is 19.2 Å². The van der Waals surface area contributed by atoms with E-state index in [9.17, 15) is 9.18 Å². The first-order valence-corrected chi connectivity index (χ1v) is 5.17. The number of hydrogen-bond acceptors (Lipinski definition) is 4. The first-order chi connectivity index (χ1) is 8.61. The van der Waals surface area contributed by atoms with Crippen LogP contribution in [0.4, 0.5) is 4.39 Å². The highest BCUT2D eigenvalue weighted by Crippen LogP contribution is 2.27. The van der Waals surface area contributed by atoms with Gasteiger partial charge in [0, 0.05) is 0 Å². The first kappa shape index (κ1) is 12.1. The van der Waals surface area contributed by atoms with Crippen LogP contribution in [0.15, 0.2) is 29.3 Å². The summed E-state index contributed by atoms with van der Waals surface area (Å²) < 4.78 is 23.6. The van der Waals surface area contributed by atoms with E-state index >= 15 is 0 Å². The molecule has 1 heterocycles. The number of nitrogens with one attached hydrogen (secondary N) is 1. The molecule has 0 atom stereocenters. The number of aromatic nitrogens is 2. The van der Waals surface area contributed by atoms with Crippen LogP contribution in [0.25, 0.3) is 0 Å². The van der Waals surface area contributed by atoms with Crippen LogP contribution in [0.1, 0.15) is 5.56 Å². The number of halogens is 1. The number of benzene rings is 1. The number of methoxy groups -OCH3 is 1. The standard InChI is InChI=1S/C12H11FN2O3/c1-7-3-4-8(13)9(5-7)18-12-10(17-2)11(16)14-6-15-12/h3-6H,1-2H3,(H,14,15,16). The van der Waals surface area contributed by atoms with Crippen LogP contribution in [-0.4, -0.2) is 17.1 Å². The Kier molecular flexibility index (Phi) is 3.27. The molecule has 5 nitrogen and oxygen atoms in total. The van der Waals surface area contributed by atoms with Crippen molar-refractivity contribution in [3.8, 4) is 17.4 Å². The molecule has 0 radical (unpaired) electrons. The predicted molar refractivity (Wildman–Crippen MR) is 62.6 cm³/mol. The maximum Gasteiger partial charge on any atom is 0.297 e. The Morgan fingerprint density at radius 2 is 2.17 bits per heavy atom. The first-order valence-electron chi connectivity index (χ1n) is 5.17. The topological polar surface area (TPSA) is 64.2 Å². The molecule has 0 saturated heterocycles. The van der Waals surface area contributed by atoms with Crippen molar-refractivity contribution >= 4 is 0 Å². The largest absolute Gasteiger partial charge is 0.487 e. The maximum atomic E-state index is 13.5. The maximum absolute atomic E-state index is 13.5. The zero-order valence-electron chi connectivity index (χ0n) is 9.86. The summed E-state index contributed by atoms with van der Waals surface area (Å²) in [6, 6.07) is 4.41. The van der Waals surface area contributed by atoms with E-state index in [0.717, 1.165) is 11.9 Å². The van der Waals surface area contributed by atoms with Gasteiger partial charge in [-0.1, -0.05) is 6.07 Å². The summed E-state index contributed by atoms with van der Waals surface area (Å²) in [7, 11) is 1.31. The zero-order chi connectivity index (χ0) is 13.1. The molecule has 0 unspecified atom stereocenters. The summed E-state index contributed by atoms with van der Waals surface area (Å²) in [5, 5.41) is 0. The molecule has 0 saturated carbocycles. The van der Waals surface area contributed by atoms with Crippen molar-refractivity contribution in [3.63, 3.8) is 0 Å². The van der Waals surface area contributed by atoms with Crippen molar-refractivity contribution in [2.45, 2.75) is 6.92 Å². The summed E-state index contributed by atoms with van der Waals surface area (Å²) in [5.41, 5.74) is 0.339. The van der Waals surface area contributed by atoms with Gasteiger partial charge in [0.1, 0.15) is 0 Å². The van der Waals surface area contributed by atoms with Crippen molar-refractivity contribution in [1.29, 1.82) is 0 Å². The van der Waals surface area contributed by atoms with Gasteiger partial charge in [-0.15, -0.1) is 0 Å². The highest BCUT2D eigenvalue weighted by Gasteiger charge is 2.13. The smallest absolute Gasteiger partial charge is 0.297 e. The van der Waals surface area contributed by atoms with Gasteiger partial charge in [0.2, 0.25) is 5.75 Å². The zero-order valence-corrected chi connectivity index (χ0v) is 9.86. The SMILES string of the molecule is COc1c(Oc2cc(C)ccc2F)nc[nH]c1=O. The number of nitrogens with zero attached hydrogens (tertiary/aromatic N) is 1. The Bertz CT molecular complexity index is 625. The van der Waals surface area contributed by atoms with E-state index in [4.69, 9.17) is 9.47 Å². The molecular formula is C12H11FN2O3. The summed E-state index contributed by atoms with van der Waals surface area (Å²) in [6.07, 6.45) is 1.16. The molecule has 1 aromatic carbocycles. The third-order valence-electron chi connectivity index (χ3n) is 2.28. The van der Waals surface area contributed by atoms with Crippen LogP contribution in [0.5, 0.6) is 17.4 Å². The second kappa shape index (κ2) is 4.87. The summed E-state index contributed by atoms with van der Waals surface area (Å²) in [4.78, 5) is 17.6. The third kappa shape index (κ3) is 2.32. The van der Waals surface area contributed by atoms with Gasteiger partial charge in [-0.25, -0.2) is 9.37 Å². The van der Waals surface area contributed by atoms with Crippen molar-refractivity contribution in [2.75, 3.05) is 7.11 Å². The summed E-state index contributed by atoms with van der Waals surface area (Å²) in [6.45, 7) is 1.80. The van der Waals surface area contributed by atoms with Crippen molar-refractivity contribution in [1.82, 2.24) is 9.97 Å². The second-order valence-electron chi connectivity index (χ2n) is 3.61. The molecule has 0 spiro atoms. The molecule has 0 aliphatic rings. The Balaban J connectivity index is 2.43. The Hall–Kier alpha value is -2.37. The summed E-state index contributed by atoms with van der Waals surface area (Å²) >= 11 is 0. The van der Waals surface area contributed by atoms with Crippen LogP contribution in [0.3, 0.4) is 0 Å². The monoisotopic (exact) mass is 250 g/mol. The molecule has 18 heavy (non-hydrogen) atoms. The second-order valence-corrected chi connectivity index (χ2v) is 3.61. The normalized spacial score (nSPS) is 10.2. The minimum absolute atomic E-state index is 0.00796.